The molecule has 7 heteroatoms. The quantitative estimate of drug-likeness (QED) is 0.854. The number of alkyl halides is 1. The highest BCUT2D eigenvalue weighted by Crippen LogP contribution is 2.22. The van der Waals surface area contributed by atoms with E-state index >= 15 is 0 Å². The topological polar surface area (TPSA) is 67.6 Å². The van der Waals surface area contributed by atoms with E-state index in [9.17, 15) is 14.3 Å². The summed E-state index contributed by atoms with van der Waals surface area (Å²) >= 11 is 0. The Morgan fingerprint density at radius 3 is 2.90 bits per heavy atom. The molecule has 1 unspecified atom stereocenters. The van der Waals surface area contributed by atoms with Gasteiger partial charge in [-0.25, -0.2) is 4.39 Å². The molecule has 1 N–H and O–H groups in total. The zero-order valence-electron chi connectivity index (χ0n) is 11.1. The number of aliphatic hydroxyl groups excluding tert-OH is 1. The molecule has 2 aliphatic heterocycles. The van der Waals surface area contributed by atoms with Crippen molar-refractivity contribution in [3.8, 4) is 0 Å². The molecule has 3 rings (SSSR count). The van der Waals surface area contributed by atoms with Crippen molar-refractivity contribution < 1.29 is 14.2 Å². The molecule has 1 aromatic rings. The van der Waals surface area contributed by atoms with Gasteiger partial charge in [0.05, 0.1) is 6.54 Å². The molecule has 2 saturated heterocycles. The summed E-state index contributed by atoms with van der Waals surface area (Å²) in [4.78, 5) is 14.0. The predicted octanol–water partition coefficient (Wildman–Crippen LogP) is 0.461. The molecule has 3 atom stereocenters. The van der Waals surface area contributed by atoms with Gasteiger partial charge in [0, 0.05) is 19.3 Å². The van der Waals surface area contributed by atoms with Crippen LogP contribution in [0.3, 0.4) is 0 Å². The molecular formula is C13H18FN3O3. The summed E-state index contributed by atoms with van der Waals surface area (Å²) in [5, 5.41) is 13.5. The number of hydrogen-bond donors (Lipinski definition) is 1. The Balaban J connectivity index is 1.87. The minimum atomic E-state index is -1.32. The number of aliphatic hydroxyl groups is 1. The van der Waals surface area contributed by atoms with E-state index in [2.05, 4.69) is 5.10 Å². The molecule has 1 aromatic heterocycles. The Bertz CT molecular complexity index is 520. The highest BCUT2D eigenvalue weighted by Gasteiger charge is 2.33. The SMILES string of the molecule is O=c1c(N2C[C@H](O)[C@@H](F)C2)ccnn1C1CCCCO1. The Kier molecular flexibility index (Phi) is 3.71. The Morgan fingerprint density at radius 1 is 1.40 bits per heavy atom. The van der Waals surface area contributed by atoms with Gasteiger partial charge < -0.3 is 14.7 Å². The summed E-state index contributed by atoms with van der Waals surface area (Å²) < 4.78 is 20.3. The minimum Gasteiger partial charge on any atom is -0.388 e. The zero-order chi connectivity index (χ0) is 14.1. The van der Waals surface area contributed by atoms with E-state index in [1.165, 1.54) is 10.9 Å². The minimum absolute atomic E-state index is 0.0337. The number of aromatic nitrogens is 2. The maximum absolute atomic E-state index is 13.4. The first-order chi connectivity index (χ1) is 9.66. The van der Waals surface area contributed by atoms with Gasteiger partial charge in [-0.1, -0.05) is 0 Å². The summed E-state index contributed by atoms with van der Waals surface area (Å²) in [6.07, 6.45) is 1.57. The summed E-state index contributed by atoms with van der Waals surface area (Å²) in [6.45, 7) is 0.788. The molecule has 0 radical (unpaired) electrons. The third-order valence-corrected chi connectivity index (χ3v) is 3.84. The van der Waals surface area contributed by atoms with Crippen LogP contribution in [0.15, 0.2) is 17.1 Å². The molecule has 20 heavy (non-hydrogen) atoms. The fourth-order valence-electron chi connectivity index (χ4n) is 2.72. The number of rotatable bonds is 2. The van der Waals surface area contributed by atoms with Gasteiger partial charge in [-0.2, -0.15) is 9.78 Å². The first-order valence-corrected chi connectivity index (χ1v) is 6.93. The lowest BCUT2D eigenvalue weighted by molar-refractivity contribution is -0.0423. The van der Waals surface area contributed by atoms with Crippen molar-refractivity contribution in [2.75, 3.05) is 24.6 Å². The standard InChI is InChI=1S/C13H18FN3O3/c14-9-7-16(8-11(9)18)10-4-5-15-17(13(10)19)12-3-1-2-6-20-12/h4-5,9,11-12,18H,1-3,6-8H2/t9-,11-,12?/m0/s1. The number of β-amino-alcohol motifs (C(OH)–C–C–N with tert-alkyl or cyclic N) is 1. The second-order valence-electron chi connectivity index (χ2n) is 5.28. The third kappa shape index (κ3) is 2.43. The van der Waals surface area contributed by atoms with Crippen molar-refractivity contribution in [1.29, 1.82) is 0 Å². The normalized spacial score (nSPS) is 30.7. The Labute approximate surface area is 115 Å². The highest BCUT2D eigenvalue weighted by atomic mass is 19.1. The second-order valence-corrected chi connectivity index (χ2v) is 5.28. The fraction of sp³-hybridized carbons (Fsp3) is 0.692. The van der Waals surface area contributed by atoms with Gasteiger partial charge in [0.15, 0.2) is 6.23 Å². The van der Waals surface area contributed by atoms with Crippen molar-refractivity contribution in [2.24, 2.45) is 0 Å². The monoisotopic (exact) mass is 283 g/mol. The number of halogens is 1. The number of hydrogen-bond acceptors (Lipinski definition) is 5. The van der Waals surface area contributed by atoms with Gasteiger partial charge in [-0.05, 0) is 25.3 Å². The lowest BCUT2D eigenvalue weighted by Gasteiger charge is -2.25. The maximum Gasteiger partial charge on any atom is 0.292 e. The highest BCUT2D eigenvalue weighted by molar-refractivity contribution is 5.45. The van der Waals surface area contributed by atoms with Gasteiger partial charge >= 0.3 is 0 Å². The second kappa shape index (κ2) is 5.49. The van der Waals surface area contributed by atoms with E-state index in [1.54, 1.807) is 11.0 Å². The van der Waals surface area contributed by atoms with Crippen LogP contribution in [0.2, 0.25) is 0 Å². The van der Waals surface area contributed by atoms with Gasteiger partial charge in [0.1, 0.15) is 18.0 Å². The summed E-state index contributed by atoms with van der Waals surface area (Å²) in [5.41, 5.74) is 0.0778. The van der Waals surface area contributed by atoms with Crippen LogP contribution >= 0.6 is 0 Å². The average molecular weight is 283 g/mol. The average Bonchev–Trinajstić information content (AvgIpc) is 2.80. The Hall–Kier alpha value is -1.47. The van der Waals surface area contributed by atoms with Crippen molar-refractivity contribution in [3.05, 3.63) is 22.6 Å². The van der Waals surface area contributed by atoms with Crippen LogP contribution < -0.4 is 10.5 Å². The molecule has 0 bridgehead atoms. The van der Waals surface area contributed by atoms with Crippen LogP contribution in [0.5, 0.6) is 0 Å². The molecular weight excluding hydrogens is 265 g/mol. The van der Waals surface area contributed by atoms with E-state index in [-0.39, 0.29) is 24.9 Å². The zero-order valence-corrected chi connectivity index (χ0v) is 11.1. The van der Waals surface area contributed by atoms with Crippen molar-refractivity contribution >= 4 is 5.69 Å². The smallest absolute Gasteiger partial charge is 0.292 e. The first-order valence-electron chi connectivity index (χ1n) is 6.93. The first kappa shape index (κ1) is 13.5. The molecule has 0 aromatic carbocycles. The van der Waals surface area contributed by atoms with Gasteiger partial charge in [0.2, 0.25) is 0 Å². The lowest BCUT2D eigenvalue weighted by Crippen LogP contribution is -2.36. The third-order valence-electron chi connectivity index (χ3n) is 3.84. The largest absolute Gasteiger partial charge is 0.388 e. The summed E-state index contributed by atoms with van der Waals surface area (Å²) in [6, 6.07) is 1.56. The summed E-state index contributed by atoms with van der Waals surface area (Å²) in [7, 11) is 0. The molecule has 110 valence electrons. The molecule has 2 aliphatic rings. The number of anilines is 1. The van der Waals surface area contributed by atoms with Gasteiger partial charge in [0.25, 0.3) is 5.56 Å². The molecule has 0 aliphatic carbocycles. The van der Waals surface area contributed by atoms with Crippen LogP contribution in [-0.2, 0) is 4.74 Å². The Morgan fingerprint density at radius 2 is 2.25 bits per heavy atom. The predicted molar refractivity (Wildman–Crippen MR) is 70.5 cm³/mol. The molecule has 6 nitrogen and oxygen atoms in total. The molecule has 0 spiro atoms. The van der Waals surface area contributed by atoms with Crippen molar-refractivity contribution in [2.45, 2.75) is 37.8 Å². The number of nitrogens with zero attached hydrogens (tertiary/aromatic N) is 3. The maximum atomic E-state index is 13.4. The molecule has 2 fully saturated rings. The van der Waals surface area contributed by atoms with Crippen molar-refractivity contribution in [1.82, 2.24) is 9.78 Å². The van der Waals surface area contributed by atoms with Crippen LogP contribution in [0.4, 0.5) is 10.1 Å². The fourth-order valence-corrected chi connectivity index (χ4v) is 2.72. The summed E-state index contributed by atoms with van der Waals surface area (Å²) in [5.74, 6) is 0. The molecule has 0 saturated carbocycles. The van der Waals surface area contributed by atoms with Crippen LogP contribution in [0, 0.1) is 0 Å². The van der Waals surface area contributed by atoms with E-state index in [1.807, 2.05) is 0 Å². The van der Waals surface area contributed by atoms with Crippen LogP contribution in [0.1, 0.15) is 25.5 Å². The van der Waals surface area contributed by atoms with E-state index in [0.717, 1.165) is 19.3 Å². The van der Waals surface area contributed by atoms with E-state index in [4.69, 9.17) is 4.74 Å². The van der Waals surface area contributed by atoms with Gasteiger partial charge in [-0.3, -0.25) is 4.79 Å². The lowest BCUT2D eigenvalue weighted by atomic mass is 10.2. The van der Waals surface area contributed by atoms with E-state index < -0.39 is 12.3 Å². The van der Waals surface area contributed by atoms with E-state index in [0.29, 0.717) is 12.3 Å². The van der Waals surface area contributed by atoms with Crippen LogP contribution in [-0.4, -0.2) is 46.9 Å². The van der Waals surface area contributed by atoms with Crippen LogP contribution in [0.25, 0.3) is 0 Å². The molecule has 0 amide bonds. The van der Waals surface area contributed by atoms with Gasteiger partial charge in [-0.15, -0.1) is 0 Å². The molecule has 3 heterocycles. The number of ether oxygens (including phenoxy) is 1. The van der Waals surface area contributed by atoms with Crippen molar-refractivity contribution in [3.63, 3.8) is 0 Å².